The Labute approximate surface area is 144 Å². The fourth-order valence-corrected chi connectivity index (χ4v) is 2.10. The summed E-state index contributed by atoms with van der Waals surface area (Å²) in [6.07, 6.45) is 1.35. The van der Waals surface area contributed by atoms with Crippen molar-refractivity contribution in [2.45, 2.75) is 20.3 Å². The van der Waals surface area contributed by atoms with Crippen molar-refractivity contribution in [3.63, 3.8) is 0 Å². The lowest BCUT2D eigenvalue weighted by atomic mass is 10.1. The molecule has 1 heterocycles. The van der Waals surface area contributed by atoms with Crippen LogP contribution in [0.3, 0.4) is 0 Å². The molecule has 3 amide bonds. The topological polar surface area (TPSA) is 127 Å². The van der Waals surface area contributed by atoms with Crippen LogP contribution in [0.1, 0.15) is 39.8 Å². The molecule has 0 spiro atoms. The van der Waals surface area contributed by atoms with Crippen LogP contribution in [-0.4, -0.2) is 23.4 Å². The third kappa shape index (κ3) is 4.77. The average Bonchev–Trinajstić information content (AvgIpc) is 2.99. The number of para-hydroxylation sites is 1. The SMILES string of the molecule is C/C(CC(=O)Nc1ccccc1C(N)=O)=N/NC(=O)c1ccoc1C. The van der Waals surface area contributed by atoms with Crippen LogP contribution >= 0.6 is 0 Å². The third-order valence-corrected chi connectivity index (χ3v) is 3.33. The number of nitrogens with zero attached hydrogens (tertiary/aromatic N) is 1. The number of anilines is 1. The van der Waals surface area contributed by atoms with Gasteiger partial charge in [0.2, 0.25) is 5.91 Å². The van der Waals surface area contributed by atoms with E-state index in [0.29, 0.717) is 22.7 Å². The summed E-state index contributed by atoms with van der Waals surface area (Å²) in [5.41, 5.74) is 8.93. The van der Waals surface area contributed by atoms with E-state index in [4.69, 9.17) is 10.2 Å². The zero-order chi connectivity index (χ0) is 18.4. The Kier molecular flexibility index (Phi) is 5.67. The number of benzene rings is 1. The van der Waals surface area contributed by atoms with Crippen LogP contribution in [0.4, 0.5) is 5.69 Å². The summed E-state index contributed by atoms with van der Waals surface area (Å²) in [5.74, 6) is -0.969. The van der Waals surface area contributed by atoms with Crippen LogP contribution < -0.4 is 16.5 Å². The summed E-state index contributed by atoms with van der Waals surface area (Å²) >= 11 is 0. The number of hydrogen-bond donors (Lipinski definition) is 3. The van der Waals surface area contributed by atoms with Crippen LogP contribution in [0.25, 0.3) is 0 Å². The molecule has 0 aliphatic rings. The van der Waals surface area contributed by atoms with Crippen molar-refractivity contribution >= 4 is 29.1 Å². The Balaban J connectivity index is 1.95. The lowest BCUT2D eigenvalue weighted by Crippen LogP contribution is -2.22. The highest BCUT2D eigenvalue weighted by Gasteiger charge is 2.13. The average molecular weight is 342 g/mol. The molecule has 2 aromatic rings. The van der Waals surface area contributed by atoms with E-state index in [1.54, 1.807) is 32.0 Å². The minimum absolute atomic E-state index is 0.0578. The molecule has 0 fully saturated rings. The maximum atomic E-state index is 12.1. The van der Waals surface area contributed by atoms with E-state index < -0.39 is 11.8 Å². The smallest absolute Gasteiger partial charge is 0.274 e. The van der Waals surface area contributed by atoms with Gasteiger partial charge in [0.1, 0.15) is 5.76 Å². The number of nitrogens with two attached hydrogens (primary N) is 1. The molecule has 8 heteroatoms. The Hall–Kier alpha value is -3.42. The van der Waals surface area contributed by atoms with Gasteiger partial charge in [-0.1, -0.05) is 12.1 Å². The number of primary amides is 1. The van der Waals surface area contributed by atoms with E-state index in [1.165, 1.54) is 18.4 Å². The second-order valence-electron chi connectivity index (χ2n) is 5.31. The zero-order valence-electron chi connectivity index (χ0n) is 13.8. The molecule has 4 N–H and O–H groups in total. The van der Waals surface area contributed by atoms with Crippen molar-refractivity contribution in [1.29, 1.82) is 0 Å². The van der Waals surface area contributed by atoms with E-state index in [9.17, 15) is 14.4 Å². The highest BCUT2D eigenvalue weighted by atomic mass is 16.3. The molecule has 1 aromatic carbocycles. The van der Waals surface area contributed by atoms with Gasteiger partial charge in [-0.05, 0) is 32.0 Å². The van der Waals surface area contributed by atoms with E-state index in [2.05, 4.69) is 15.8 Å². The Morgan fingerprint density at radius 1 is 1.16 bits per heavy atom. The molecule has 8 nitrogen and oxygen atoms in total. The van der Waals surface area contributed by atoms with Gasteiger partial charge in [0.25, 0.3) is 11.8 Å². The zero-order valence-corrected chi connectivity index (χ0v) is 13.8. The molecule has 25 heavy (non-hydrogen) atoms. The quantitative estimate of drug-likeness (QED) is 0.546. The molecule has 130 valence electrons. The maximum absolute atomic E-state index is 12.1. The second-order valence-corrected chi connectivity index (χ2v) is 5.31. The van der Waals surface area contributed by atoms with Gasteiger partial charge in [-0.3, -0.25) is 14.4 Å². The number of carbonyl (C=O) groups excluding carboxylic acids is 3. The Morgan fingerprint density at radius 3 is 2.52 bits per heavy atom. The molecular weight excluding hydrogens is 324 g/mol. The number of amides is 3. The normalized spacial score (nSPS) is 11.0. The van der Waals surface area contributed by atoms with Crippen LogP contribution in [0.5, 0.6) is 0 Å². The number of furan rings is 1. The van der Waals surface area contributed by atoms with Crippen LogP contribution in [0.2, 0.25) is 0 Å². The van der Waals surface area contributed by atoms with E-state index in [1.807, 2.05) is 0 Å². The van der Waals surface area contributed by atoms with Gasteiger partial charge in [0.15, 0.2) is 0 Å². The first kappa shape index (κ1) is 17.9. The first-order valence-corrected chi connectivity index (χ1v) is 7.44. The molecule has 0 atom stereocenters. The van der Waals surface area contributed by atoms with Crippen molar-refractivity contribution in [2.75, 3.05) is 5.32 Å². The molecule has 0 radical (unpaired) electrons. The lowest BCUT2D eigenvalue weighted by Gasteiger charge is -2.08. The van der Waals surface area contributed by atoms with Crippen LogP contribution in [0.15, 0.2) is 46.1 Å². The monoisotopic (exact) mass is 342 g/mol. The van der Waals surface area contributed by atoms with Gasteiger partial charge in [0.05, 0.1) is 29.5 Å². The summed E-state index contributed by atoms with van der Waals surface area (Å²) in [5, 5.41) is 6.48. The van der Waals surface area contributed by atoms with Gasteiger partial charge in [-0.2, -0.15) is 5.10 Å². The lowest BCUT2D eigenvalue weighted by molar-refractivity contribution is -0.115. The molecule has 0 bridgehead atoms. The number of rotatable bonds is 6. The van der Waals surface area contributed by atoms with Crippen LogP contribution in [0, 0.1) is 6.92 Å². The molecule has 0 saturated heterocycles. The van der Waals surface area contributed by atoms with Crippen molar-refractivity contribution in [2.24, 2.45) is 10.8 Å². The Morgan fingerprint density at radius 2 is 1.88 bits per heavy atom. The molecule has 1 aromatic heterocycles. The summed E-state index contributed by atoms with van der Waals surface area (Å²) in [4.78, 5) is 35.3. The van der Waals surface area contributed by atoms with Crippen molar-refractivity contribution in [3.8, 4) is 0 Å². The van der Waals surface area contributed by atoms with Gasteiger partial charge in [0, 0.05) is 5.71 Å². The predicted octanol–water partition coefficient (Wildman–Crippen LogP) is 1.82. The minimum atomic E-state index is -0.635. The molecular formula is C17H18N4O4. The highest BCUT2D eigenvalue weighted by Crippen LogP contribution is 2.14. The van der Waals surface area contributed by atoms with Gasteiger partial charge in [-0.25, -0.2) is 5.43 Å². The first-order chi connectivity index (χ1) is 11.9. The van der Waals surface area contributed by atoms with Crippen molar-refractivity contribution in [1.82, 2.24) is 5.43 Å². The van der Waals surface area contributed by atoms with Crippen molar-refractivity contribution in [3.05, 3.63) is 53.5 Å². The summed E-state index contributed by atoms with van der Waals surface area (Å²) < 4.78 is 5.04. The van der Waals surface area contributed by atoms with Crippen molar-refractivity contribution < 1.29 is 18.8 Å². The maximum Gasteiger partial charge on any atom is 0.274 e. The minimum Gasteiger partial charge on any atom is -0.469 e. The summed E-state index contributed by atoms with van der Waals surface area (Å²) in [7, 11) is 0. The van der Waals surface area contributed by atoms with E-state index >= 15 is 0 Å². The summed E-state index contributed by atoms with van der Waals surface area (Å²) in [6.45, 7) is 3.26. The van der Waals surface area contributed by atoms with Gasteiger partial charge < -0.3 is 15.5 Å². The Bertz CT molecular complexity index is 839. The molecule has 0 saturated carbocycles. The van der Waals surface area contributed by atoms with Gasteiger partial charge >= 0.3 is 0 Å². The highest BCUT2D eigenvalue weighted by molar-refractivity contribution is 6.09. The number of aryl methyl sites for hydroxylation is 1. The summed E-state index contributed by atoms with van der Waals surface area (Å²) in [6, 6.07) is 7.95. The first-order valence-electron chi connectivity index (χ1n) is 7.44. The largest absolute Gasteiger partial charge is 0.469 e. The van der Waals surface area contributed by atoms with E-state index in [-0.39, 0.29) is 17.9 Å². The number of hydrazone groups is 1. The second kappa shape index (κ2) is 7.91. The molecule has 0 aliphatic carbocycles. The standard InChI is InChI=1S/C17H18N4O4/c1-10(20-21-17(24)12-7-8-25-11(12)2)9-15(22)19-14-6-4-3-5-13(14)16(18)23/h3-8H,9H2,1-2H3,(H2,18,23)(H,19,22)(H,21,24)/b20-10-. The third-order valence-electron chi connectivity index (χ3n) is 3.33. The fraction of sp³-hybridized carbons (Fsp3) is 0.176. The number of nitrogens with one attached hydrogen (secondary N) is 2. The van der Waals surface area contributed by atoms with Crippen LogP contribution in [-0.2, 0) is 4.79 Å². The molecule has 0 aliphatic heterocycles. The van der Waals surface area contributed by atoms with E-state index in [0.717, 1.165) is 0 Å². The van der Waals surface area contributed by atoms with Gasteiger partial charge in [-0.15, -0.1) is 0 Å². The predicted molar refractivity (Wildman–Crippen MR) is 92.2 cm³/mol. The molecule has 0 unspecified atom stereocenters. The number of hydrogen-bond acceptors (Lipinski definition) is 5. The molecule has 2 rings (SSSR count). The number of carbonyl (C=O) groups is 3. The fourth-order valence-electron chi connectivity index (χ4n) is 2.10.